The summed E-state index contributed by atoms with van der Waals surface area (Å²) in [6.07, 6.45) is 1.61. The Labute approximate surface area is 178 Å². The Balaban J connectivity index is 1.50. The van der Waals surface area contributed by atoms with E-state index in [-0.39, 0.29) is 16.4 Å². The summed E-state index contributed by atoms with van der Waals surface area (Å²) in [5.74, 6) is -0.217. The van der Waals surface area contributed by atoms with Crippen LogP contribution in [-0.4, -0.2) is 58.3 Å². The predicted molar refractivity (Wildman–Crippen MR) is 117 cm³/mol. The van der Waals surface area contributed by atoms with Crippen molar-refractivity contribution in [3.63, 3.8) is 0 Å². The summed E-state index contributed by atoms with van der Waals surface area (Å²) in [6.45, 7) is 4.15. The number of fused-ring (bicyclic) bond motifs is 1. The lowest BCUT2D eigenvalue weighted by Gasteiger charge is -2.34. The van der Waals surface area contributed by atoms with Crippen LogP contribution in [0.25, 0.3) is 33.7 Å². The molecule has 1 N–H and O–H groups in total. The Morgan fingerprint density at radius 3 is 2.53 bits per heavy atom. The van der Waals surface area contributed by atoms with Crippen molar-refractivity contribution in [2.75, 3.05) is 38.1 Å². The minimum Gasteiger partial charge on any atom is -0.369 e. The largest absolute Gasteiger partial charge is 0.369 e. The fourth-order valence-electron chi connectivity index (χ4n) is 3.74. The van der Waals surface area contributed by atoms with E-state index in [0.29, 0.717) is 16.7 Å². The molecule has 1 saturated heterocycles. The van der Waals surface area contributed by atoms with Gasteiger partial charge in [-0.1, -0.05) is 29.8 Å². The first-order chi connectivity index (χ1) is 14.6. The molecule has 0 atom stereocenters. The molecular formula is C22H20ClFN6. The third kappa shape index (κ3) is 3.40. The minimum absolute atomic E-state index is 0.193. The number of hydrogen-bond acceptors (Lipinski definition) is 5. The van der Waals surface area contributed by atoms with E-state index in [1.54, 1.807) is 18.3 Å². The van der Waals surface area contributed by atoms with Gasteiger partial charge in [-0.15, -0.1) is 0 Å². The summed E-state index contributed by atoms with van der Waals surface area (Å²) in [6, 6.07) is 12.8. The topological polar surface area (TPSA) is 60.9 Å². The van der Waals surface area contributed by atoms with Crippen molar-refractivity contribution < 1.29 is 4.39 Å². The molecule has 1 aliphatic heterocycles. The zero-order valence-electron chi connectivity index (χ0n) is 16.4. The number of H-pyrrole nitrogens is 1. The van der Waals surface area contributed by atoms with Gasteiger partial charge in [0, 0.05) is 37.4 Å². The van der Waals surface area contributed by atoms with E-state index >= 15 is 0 Å². The van der Waals surface area contributed by atoms with E-state index < -0.39 is 5.82 Å². The molecule has 0 spiro atoms. The highest BCUT2D eigenvalue weighted by atomic mass is 35.5. The predicted octanol–water partition coefficient (Wildman–Crippen LogP) is 4.23. The lowest BCUT2D eigenvalue weighted by atomic mass is 10.1. The van der Waals surface area contributed by atoms with Gasteiger partial charge in [-0.3, -0.25) is 5.10 Å². The van der Waals surface area contributed by atoms with Crippen LogP contribution in [-0.2, 0) is 0 Å². The summed E-state index contributed by atoms with van der Waals surface area (Å²) < 4.78 is 14.3. The van der Waals surface area contributed by atoms with Crippen LogP contribution in [0.15, 0.2) is 48.7 Å². The van der Waals surface area contributed by atoms with Gasteiger partial charge < -0.3 is 9.80 Å². The summed E-state index contributed by atoms with van der Waals surface area (Å²) in [5, 5.41) is 7.66. The zero-order chi connectivity index (χ0) is 20.7. The molecule has 0 saturated carbocycles. The quantitative estimate of drug-likeness (QED) is 0.535. The van der Waals surface area contributed by atoms with E-state index in [9.17, 15) is 4.39 Å². The highest BCUT2D eigenvalue weighted by molar-refractivity contribution is 6.33. The van der Waals surface area contributed by atoms with Crippen molar-refractivity contribution in [2.45, 2.75) is 0 Å². The Morgan fingerprint density at radius 2 is 1.80 bits per heavy atom. The summed E-state index contributed by atoms with van der Waals surface area (Å²) in [7, 11) is 2.15. The van der Waals surface area contributed by atoms with Gasteiger partial charge in [-0.05, 0) is 31.3 Å². The number of nitrogens with one attached hydrogen (secondary N) is 1. The van der Waals surface area contributed by atoms with Crippen LogP contribution in [0.4, 0.5) is 10.1 Å². The molecule has 5 rings (SSSR count). The van der Waals surface area contributed by atoms with E-state index in [1.165, 1.54) is 11.8 Å². The number of aromatic amines is 1. The van der Waals surface area contributed by atoms with Crippen molar-refractivity contribution in [3.8, 4) is 22.6 Å². The molecule has 0 unspecified atom stereocenters. The van der Waals surface area contributed by atoms with Gasteiger partial charge in [0.25, 0.3) is 0 Å². The first-order valence-corrected chi connectivity index (χ1v) is 10.2. The van der Waals surface area contributed by atoms with E-state index in [2.05, 4.69) is 49.1 Å². The maximum atomic E-state index is 14.3. The molecule has 1 aliphatic rings. The standard InChI is InChI=1S/C22H20ClFN6/c1-29-9-11-30(12-10-29)15-7-5-14(6-8-15)20-21-18(27-28-20)13-25-22(26-21)19-16(23)3-2-4-17(19)24/h2-8,13H,9-12H2,1H3,(H,27,28). The SMILES string of the molecule is CN1CCN(c2ccc(-c3n[nH]c4cnc(-c5c(F)cccc5Cl)nc34)cc2)CC1. The van der Waals surface area contributed by atoms with Crippen LogP contribution < -0.4 is 4.90 Å². The summed E-state index contributed by atoms with van der Waals surface area (Å²) >= 11 is 6.20. The zero-order valence-corrected chi connectivity index (χ0v) is 17.2. The Bertz CT molecular complexity index is 1180. The van der Waals surface area contributed by atoms with Gasteiger partial charge in [0.05, 0.1) is 16.8 Å². The first-order valence-electron chi connectivity index (χ1n) is 9.79. The molecule has 3 heterocycles. The number of halogens is 2. The van der Waals surface area contributed by atoms with E-state index in [0.717, 1.165) is 31.7 Å². The fraction of sp³-hybridized carbons (Fsp3) is 0.227. The number of rotatable bonds is 3. The average Bonchev–Trinajstić information content (AvgIpc) is 3.18. The molecule has 4 aromatic rings. The first kappa shape index (κ1) is 19.0. The van der Waals surface area contributed by atoms with Gasteiger partial charge in [0.15, 0.2) is 5.82 Å². The van der Waals surface area contributed by atoms with Gasteiger partial charge in [-0.25, -0.2) is 14.4 Å². The number of piperazine rings is 1. The lowest BCUT2D eigenvalue weighted by Crippen LogP contribution is -2.44. The molecule has 0 bridgehead atoms. The molecule has 2 aromatic carbocycles. The molecule has 0 amide bonds. The van der Waals surface area contributed by atoms with Crippen molar-refractivity contribution in [1.29, 1.82) is 0 Å². The number of likely N-dealkylation sites (N-methyl/N-ethyl adjacent to an activating group) is 1. The summed E-state index contributed by atoms with van der Waals surface area (Å²) in [5.41, 5.74) is 4.34. The van der Waals surface area contributed by atoms with Gasteiger partial charge in [0.2, 0.25) is 0 Å². The Morgan fingerprint density at radius 1 is 1.03 bits per heavy atom. The highest BCUT2D eigenvalue weighted by Crippen LogP contribution is 2.31. The van der Waals surface area contributed by atoms with Crippen molar-refractivity contribution in [1.82, 2.24) is 25.1 Å². The second-order valence-electron chi connectivity index (χ2n) is 7.46. The smallest absolute Gasteiger partial charge is 0.164 e. The molecule has 152 valence electrons. The van der Waals surface area contributed by atoms with Crippen molar-refractivity contribution in [2.24, 2.45) is 0 Å². The average molecular weight is 423 g/mol. The second kappa shape index (κ2) is 7.66. The normalized spacial score (nSPS) is 15.1. The minimum atomic E-state index is -0.455. The van der Waals surface area contributed by atoms with Crippen LogP contribution >= 0.6 is 11.6 Å². The van der Waals surface area contributed by atoms with Crippen molar-refractivity contribution in [3.05, 3.63) is 59.5 Å². The molecule has 0 radical (unpaired) electrons. The summed E-state index contributed by atoms with van der Waals surface area (Å²) in [4.78, 5) is 13.6. The van der Waals surface area contributed by atoms with Crippen LogP contribution in [0, 0.1) is 5.82 Å². The maximum Gasteiger partial charge on any atom is 0.164 e. The number of benzene rings is 2. The molecule has 2 aromatic heterocycles. The van der Waals surface area contributed by atoms with Gasteiger partial charge in [-0.2, -0.15) is 5.10 Å². The van der Waals surface area contributed by atoms with E-state index in [4.69, 9.17) is 11.6 Å². The van der Waals surface area contributed by atoms with Crippen LogP contribution in [0.1, 0.15) is 0 Å². The monoisotopic (exact) mass is 422 g/mol. The molecule has 8 heteroatoms. The third-order valence-electron chi connectivity index (χ3n) is 5.50. The molecular weight excluding hydrogens is 403 g/mol. The van der Waals surface area contributed by atoms with Gasteiger partial charge in [0.1, 0.15) is 22.5 Å². The van der Waals surface area contributed by atoms with Gasteiger partial charge >= 0.3 is 0 Å². The number of anilines is 1. The fourth-order valence-corrected chi connectivity index (χ4v) is 3.99. The van der Waals surface area contributed by atoms with Crippen LogP contribution in [0.3, 0.4) is 0 Å². The Hall–Kier alpha value is -3.03. The maximum absolute atomic E-state index is 14.3. The highest BCUT2D eigenvalue weighted by Gasteiger charge is 2.18. The van der Waals surface area contributed by atoms with Crippen molar-refractivity contribution >= 4 is 28.3 Å². The number of nitrogens with zero attached hydrogens (tertiary/aromatic N) is 5. The second-order valence-corrected chi connectivity index (χ2v) is 7.87. The molecule has 30 heavy (non-hydrogen) atoms. The lowest BCUT2D eigenvalue weighted by molar-refractivity contribution is 0.313. The van der Waals surface area contributed by atoms with E-state index in [1.807, 2.05) is 12.1 Å². The molecule has 1 fully saturated rings. The third-order valence-corrected chi connectivity index (χ3v) is 5.81. The number of hydrogen-bond donors (Lipinski definition) is 1. The Kier molecular flexibility index (Phi) is 4.84. The molecule has 6 nitrogen and oxygen atoms in total. The molecule has 0 aliphatic carbocycles. The van der Waals surface area contributed by atoms with Crippen LogP contribution in [0.5, 0.6) is 0 Å². The van der Waals surface area contributed by atoms with Crippen LogP contribution in [0.2, 0.25) is 5.02 Å². The number of aromatic nitrogens is 4.